The van der Waals surface area contributed by atoms with E-state index in [1.165, 1.54) is 12.4 Å². The fourth-order valence-electron chi connectivity index (χ4n) is 2.57. The Balaban J connectivity index is 1.71. The lowest BCUT2D eigenvalue weighted by atomic mass is 10.2. The Hall–Kier alpha value is -2.35. The minimum absolute atomic E-state index is 0.0596. The van der Waals surface area contributed by atoms with Crippen molar-refractivity contribution >= 4 is 17.5 Å². The first-order valence-corrected chi connectivity index (χ1v) is 7.70. The predicted octanol–water partition coefficient (Wildman–Crippen LogP) is 3.54. The summed E-state index contributed by atoms with van der Waals surface area (Å²) in [4.78, 5) is 22.0. The van der Waals surface area contributed by atoms with Gasteiger partial charge in [-0.2, -0.15) is 13.2 Å². The monoisotopic (exact) mass is 371 g/mol. The highest BCUT2D eigenvalue weighted by molar-refractivity contribution is 6.30. The normalized spacial score (nSPS) is 14.0. The van der Waals surface area contributed by atoms with Gasteiger partial charge in [0, 0.05) is 17.3 Å². The van der Waals surface area contributed by atoms with Crippen molar-refractivity contribution in [2.45, 2.75) is 26.2 Å². The number of ether oxygens (including phenoxy) is 1. The Kier molecular flexibility index (Phi) is 4.55. The zero-order valence-electron chi connectivity index (χ0n) is 13.1. The van der Waals surface area contributed by atoms with Crippen LogP contribution in [-0.4, -0.2) is 33.6 Å². The topological polar surface area (TPSA) is 55.3 Å². The summed E-state index contributed by atoms with van der Waals surface area (Å²) in [7, 11) is 0. The van der Waals surface area contributed by atoms with Crippen LogP contribution in [0.2, 0.25) is 5.15 Å². The third kappa shape index (κ3) is 3.84. The largest absolute Gasteiger partial charge is 0.482 e. The molecule has 0 atom stereocenters. The Morgan fingerprint density at radius 3 is 2.76 bits per heavy atom. The van der Waals surface area contributed by atoms with Crippen LogP contribution in [0.1, 0.15) is 27.2 Å². The van der Waals surface area contributed by atoms with E-state index >= 15 is 0 Å². The molecule has 0 aliphatic carbocycles. The lowest BCUT2D eigenvalue weighted by molar-refractivity contribution is -0.153. The molecule has 5 nitrogen and oxygen atoms in total. The minimum Gasteiger partial charge on any atom is -0.482 e. The first-order chi connectivity index (χ1) is 11.7. The Labute approximate surface area is 146 Å². The molecule has 1 aliphatic rings. The molecule has 0 spiro atoms. The molecule has 0 saturated heterocycles. The zero-order chi connectivity index (χ0) is 18.2. The van der Waals surface area contributed by atoms with Gasteiger partial charge in [0.05, 0.1) is 25.0 Å². The molecule has 0 aromatic carbocycles. The van der Waals surface area contributed by atoms with Gasteiger partial charge in [-0.3, -0.25) is 9.78 Å². The van der Waals surface area contributed by atoms with Gasteiger partial charge >= 0.3 is 6.18 Å². The number of nitrogens with zero attached hydrogens (tertiary/aromatic N) is 3. The van der Waals surface area contributed by atoms with Crippen LogP contribution in [-0.2, 0) is 13.1 Å². The molecule has 2 aromatic heterocycles. The van der Waals surface area contributed by atoms with E-state index in [-0.39, 0.29) is 23.4 Å². The van der Waals surface area contributed by atoms with Gasteiger partial charge in [0.2, 0.25) is 0 Å². The van der Waals surface area contributed by atoms with E-state index in [2.05, 4.69) is 9.97 Å². The van der Waals surface area contributed by atoms with E-state index in [0.29, 0.717) is 28.9 Å². The van der Waals surface area contributed by atoms with Crippen LogP contribution >= 0.6 is 11.6 Å². The second-order valence-electron chi connectivity index (χ2n) is 5.63. The van der Waals surface area contributed by atoms with Gasteiger partial charge < -0.3 is 9.64 Å². The first-order valence-electron chi connectivity index (χ1n) is 7.32. The molecule has 0 fully saturated rings. The molecule has 2 aromatic rings. The quantitative estimate of drug-likeness (QED) is 0.771. The molecule has 132 valence electrons. The summed E-state index contributed by atoms with van der Waals surface area (Å²) < 4.78 is 41.4. The van der Waals surface area contributed by atoms with Crippen LogP contribution in [0, 0.1) is 6.92 Å². The smallest absolute Gasteiger partial charge is 0.422 e. The summed E-state index contributed by atoms with van der Waals surface area (Å²) in [5.74, 6) is -0.125. The van der Waals surface area contributed by atoms with Gasteiger partial charge in [-0.25, -0.2) is 4.98 Å². The Morgan fingerprint density at radius 2 is 2.12 bits per heavy atom. The van der Waals surface area contributed by atoms with Crippen molar-refractivity contribution in [3.05, 3.63) is 52.1 Å². The molecule has 25 heavy (non-hydrogen) atoms. The van der Waals surface area contributed by atoms with Crippen LogP contribution in [0.4, 0.5) is 13.2 Å². The molecule has 1 amide bonds. The fraction of sp³-hybridized carbons (Fsp3) is 0.312. The maximum atomic E-state index is 12.4. The number of fused-ring (bicyclic) bond motifs is 1. The van der Waals surface area contributed by atoms with Crippen LogP contribution < -0.4 is 4.74 Å². The maximum absolute atomic E-state index is 12.4. The maximum Gasteiger partial charge on any atom is 0.422 e. The number of aryl methyl sites for hydroxylation is 1. The van der Waals surface area contributed by atoms with Crippen molar-refractivity contribution in [2.75, 3.05) is 6.61 Å². The average molecular weight is 372 g/mol. The number of pyridine rings is 2. The second kappa shape index (κ2) is 6.51. The van der Waals surface area contributed by atoms with Gasteiger partial charge in [-0.15, -0.1) is 0 Å². The van der Waals surface area contributed by atoms with Gasteiger partial charge in [0.1, 0.15) is 10.9 Å². The number of rotatable bonds is 4. The van der Waals surface area contributed by atoms with Gasteiger partial charge in [0.15, 0.2) is 6.61 Å². The number of aromatic nitrogens is 2. The highest BCUT2D eigenvalue weighted by atomic mass is 35.5. The molecule has 0 saturated carbocycles. The van der Waals surface area contributed by atoms with Gasteiger partial charge in [-0.05, 0) is 24.6 Å². The van der Waals surface area contributed by atoms with Crippen molar-refractivity contribution < 1.29 is 22.7 Å². The van der Waals surface area contributed by atoms with Crippen molar-refractivity contribution in [3.8, 4) is 5.75 Å². The van der Waals surface area contributed by atoms with Gasteiger partial charge in [-0.1, -0.05) is 11.6 Å². The number of hydrogen-bond donors (Lipinski definition) is 0. The van der Waals surface area contributed by atoms with Crippen molar-refractivity contribution in [1.82, 2.24) is 14.9 Å². The summed E-state index contributed by atoms with van der Waals surface area (Å²) in [6.45, 7) is 0.774. The molecule has 9 heteroatoms. The number of halogens is 4. The lowest BCUT2D eigenvalue weighted by Gasteiger charge is -2.16. The molecular weight excluding hydrogens is 359 g/mol. The van der Waals surface area contributed by atoms with Gasteiger partial charge in [0.25, 0.3) is 5.91 Å². The summed E-state index contributed by atoms with van der Waals surface area (Å²) in [5, 5.41) is 0.286. The molecule has 0 N–H and O–H groups in total. The minimum atomic E-state index is -4.41. The van der Waals surface area contributed by atoms with Crippen molar-refractivity contribution in [1.29, 1.82) is 0 Å². The number of carbonyl (C=O) groups is 1. The highest BCUT2D eigenvalue weighted by Gasteiger charge is 2.30. The Bertz CT molecular complexity index is 827. The van der Waals surface area contributed by atoms with Crippen LogP contribution in [0.3, 0.4) is 0 Å². The third-order valence-electron chi connectivity index (χ3n) is 3.73. The highest BCUT2D eigenvalue weighted by Crippen LogP contribution is 2.29. The van der Waals surface area contributed by atoms with Crippen LogP contribution in [0.5, 0.6) is 5.75 Å². The van der Waals surface area contributed by atoms with Crippen molar-refractivity contribution in [2.24, 2.45) is 0 Å². The van der Waals surface area contributed by atoms with E-state index in [9.17, 15) is 18.0 Å². The number of carbonyl (C=O) groups excluding carboxylic acids is 1. The third-order valence-corrected chi connectivity index (χ3v) is 4.06. The average Bonchev–Trinajstić information content (AvgIpc) is 2.84. The predicted molar refractivity (Wildman–Crippen MR) is 83.3 cm³/mol. The molecule has 1 aliphatic heterocycles. The standard InChI is InChI=1S/C16H13ClF3N3O2/c1-9-4-10(22-5-13(9)25-8-16(18,19)20)6-23-7-12-11(15(23)24)2-3-21-14(12)17/h2-5H,6-8H2,1H3. The summed E-state index contributed by atoms with van der Waals surface area (Å²) >= 11 is 6.01. The molecule has 3 rings (SSSR count). The van der Waals surface area contributed by atoms with Crippen LogP contribution in [0.25, 0.3) is 0 Å². The molecule has 0 radical (unpaired) electrons. The van der Waals surface area contributed by atoms with E-state index in [1.807, 2.05) is 0 Å². The SMILES string of the molecule is Cc1cc(CN2Cc3c(ccnc3Cl)C2=O)ncc1OCC(F)(F)F. The summed E-state index contributed by atoms with van der Waals surface area (Å²) in [5.41, 5.74) is 2.22. The van der Waals surface area contributed by atoms with E-state index in [1.54, 1.807) is 24.0 Å². The van der Waals surface area contributed by atoms with E-state index < -0.39 is 12.8 Å². The molecule has 0 unspecified atom stereocenters. The zero-order valence-corrected chi connectivity index (χ0v) is 13.9. The number of hydrogen-bond acceptors (Lipinski definition) is 4. The number of alkyl halides is 3. The summed E-state index contributed by atoms with van der Waals surface area (Å²) in [6.07, 6.45) is -1.71. The number of amides is 1. The second-order valence-corrected chi connectivity index (χ2v) is 5.99. The molecule has 0 bridgehead atoms. The first kappa shape index (κ1) is 17.5. The van der Waals surface area contributed by atoms with E-state index in [4.69, 9.17) is 16.3 Å². The summed E-state index contributed by atoms with van der Waals surface area (Å²) in [6, 6.07) is 3.21. The molecule has 3 heterocycles. The lowest BCUT2D eigenvalue weighted by Crippen LogP contribution is -2.24. The van der Waals surface area contributed by atoms with Crippen LogP contribution in [0.15, 0.2) is 24.5 Å². The van der Waals surface area contributed by atoms with Crippen molar-refractivity contribution in [3.63, 3.8) is 0 Å². The van der Waals surface area contributed by atoms with E-state index in [0.717, 1.165) is 0 Å². The fourth-order valence-corrected chi connectivity index (χ4v) is 2.79. The Morgan fingerprint density at radius 1 is 1.36 bits per heavy atom. The molecular formula is C16H13ClF3N3O2.